The van der Waals surface area contributed by atoms with Crippen molar-refractivity contribution in [3.8, 4) is 0 Å². The Hall–Kier alpha value is 0.180. The largest absolute Gasteiger partial charge is 0.377 e. The van der Waals surface area contributed by atoms with Crippen LogP contribution in [0.15, 0.2) is 12.7 Å². The fourth-order valence-corrected chi connectivity index (χ4v) is 2.09. The van der Waals surface area contributed by atoms with E-state index < -0.39 is 0 Å². The predicted molar refractivity (Wildman–Crippen MR) is 51.1 cm³/mol. The van der Waals surface area contributed by atoms with Gasteiger partial charge in [-0.2, -0.15) is 0 Å². The highest BCUT2D eigenvalue weighted by molar-refractivity contribution is 9.09. The third kappa shape index (κ3) is 2.96. The van der Waals surface area contributed by atoms with E-state index in [1.165, 1.54) is 12.8 Å². The Morgan fingerprint density at radius 3 is 3.09 bits per heavy atom. The molecule has 0 N–H and O–H groups in total. The van der Waals surface area contributed by atoms with Crippen molar-refractivity contribution in [2.24, 2.45) is 0 Å². The quantitative estimate of drug-likeness (QED) is 0.523. The van der Waals surface area contributed by atoms with Crippen molar-refractivity contribution in [2.75, 3.05) is 6.61 Å². The smallest absolute Gasteiger partial charge is 0.0703 e. The third-order valence-electron chi connectivity index (χ3n) is 2.01. The first-order valence-electron chi connectivity index (χ1n) is 4.21. The molecule has 1 saturated heterocycles. The molecule has 2 atom stereocenters. The van der Waals surface area contributed by atoms with Crippen LogP contribution in [-0.4, -0.2) is 17.5 Å². The number of allylic oxidation sites excluding steroid dienone is 1. The molecule has 1 fully saturated rings. The van der Waals surface area contributed by atoms with E-state index in [0.717, 1.165) is 19.4 Å². The fraction of sp³-hybridized carbons (Fsp3) is 0.778. The first kappa shape index (κ1) is 9.27. The summed E-state index contributed by atoms with van der Waals surface area (Å²) >= 11 is 3.63. The number of halogens is 1. The number of rotatable bonds is 3. The molecule has 1 heterocycles. The van der Waals surface area contributed by atoms with Crippen LogP contribution in [0.1, 0.15) is 25.7 Å². The van der Waals surface area contributed by atoms with Gasteiger partial charge in [-0.15, -0.1) is 6.58 Å². The molecule has 0 aromatic rings. The van der Waals surface area contributed by atoms with Crippen molar-refractivity contribution < 1.29 is 4.74 Å². The van der Waals surface area contributed by atoms with Gasteiger partial charge >= 0.3 is 0 Å². The molecule has 0 bridgehead atoms. The maximum Gasteiger partial charge on any atom is 0.0703 e. The molecule has 1 aliphatic rings. The summed E-state index contributed by atoms with van der Waals surface area (Å²) in [5.74, 6) is 0. The average molecular weight is 219 g/mol. The Bertz CT molecular complexity index is 125. The SMILES string of the molecule is C=CCC[C@@H]1OCCC[C@H]1Br. The van der Waals surface area contributed by atoms with Gasteiger partial charge in [-0.1, -0.05) is 22.0 Å². The summed E-state index contributed by atoms with van der Waals surface area (Å²) in [6, 6.07) is 0. The van der Waals surface area contributed by atoms with Crippen molar-refractivity contribution in [3.05, 3.63) is 12.7 Å². The van der Waals surface area contributed by atoms with Crippen LogP contribution in [0.4, 0.5) is 0 Å². The van der Waals surface area contributed by atoms with Crippen LogP contribution in [-0.2, 0) is 4.74 Å². The van der Waals surface area contributed by atoms with E-state index in [1.807, 2.05) is 6.08 Å². The minimum Gasteiger partial charge on any atom is -0.377 e. The minimum absolute atomic E-state index is 0.418. The Labute approximate surface area is 76.9 Å². The topological polar surface area (TPSA) is 9.23 Å². The zero-order valence-electron chi connectivity index (χ0n) is 6.76. The summed E-state index contributed by atoms with van der Waals surface area (Å²) in [7, 11) is 0. The van der Waals surface area contributed by atoms with Gasteiger partial charge in [0, 0.05) is 11.4 Å². The van der Waals surface area contributed by atoms with Gasteiger partial charge < -0.3 is 4.74 Å². The Morgan fingerprint density at radius 2 is 2.45 bits per heavy atom. The summed E-state index contributed by atoms with van der Waals surface area (Å²) in [6.07, 6.45) is 6.99. The summed E-state index contributed by atoms with van der Waals surface area (Å²) in [5.41, 5.74) is 0. The van der Waals surface area contributed by atoms with E-state index in [4.69, 9.17) is 4.74 Å². The van der Waals surface area contributed by atoms with Crippen LogP contribution in [0, 0.1) is 0 Å². The van der Waals surface area contributed by atoms with Crippen molar-refractivity contribution in [1.29, 1.82) is 0 Å². The van der Waals surface area contributed by atoms with Crippen molar-refractivity contribution >= 4 is 15.9 Å². The summed E-state index contributed by atoms with van der Waals surface area (Å²) in [6.45, 7) is 4.63. The van der Waals surface area contributed by atoms with Gasteiger partial charge in [-0.25, -0.2) is 0 Å². The normalized spacial score (nSPS) is 31.7. The van der Waals surface area contributed by atoms with E-state index in [2.05, 4.69) is 22.5 Å². The molecule has 0 aliphatic carbocycles. The molecule has 0 aromatic carbocycles. The standard InChI is InChI=1S/C9H15BrO/c1-2-3-6-9-8(10)5-4-7-11-9/h2,8-9H,1,3-7H2/t8-,9+/m1/s1. The van der Waals surface area contributed by atoms with Crippen molar-refractivity contribution in [3.63, 3.8) is 0 Å². The first-order chi connectivity index (χ1) is 5.34. The van der Waals surface area contributed by atoms with Gasteiger partial charge in [0.15, 0.2) is 0 Å². The molecule has 64 valence electrons. The lowest BCUT2D eigenvalue weighted by Gasteiger charge is -2.27. The zero-order chi connectivity index (χ0) is 8.10. The lowest BCUT2D eigenvalue weighted by molar-refractivity contribution is 0.0185. The molecule has 0 saturated carbocycles. The van der Waals surface area contributed by atoms with E-state index in [9.17, 15) is 0 Å². The van der Waals surface area contributed by atoms with Crippen LogP contribution in [0.2, 0.25) is 0 Å². The van der Waals surface area contributed by atoms with Gasteiger partial charge in [-0.05, 0) is 25.7 Å². The minimum atomic E-state index is 0.418. The zero-order valence-corrected chi connectivity index (χ0v) is 8.35. The van der Waals surface area contributed by atoms with Crippen molar-refractivity contribution in [2.45, 2.75) is 36.6 Å². The van der Waals surface area contributed by atoms with Gasteiger partial charge in [0.25, 0.3) is 0 Å². The van der Waals surface area contributed by atoms with Gasteiger partial charge in [-0.3, -0.25) is 0 Å². The Morgan fingerprint density at radius 1 is 1.64 bits per heavy atom. The maximum absolute atomic E-state index is 5.60. The highest BCUT2D eigenvalue weighted by Gasteiger charge is 2.22. The fourth-order valence-electron chi connectivity index (χ4n) is 1.35. The number of alkyl halides is 1. The van der Waals surface area contributed by atoms with Crippen LogP contribution in [0.5, 0.6) is 0 Å². The Kier molecular flexibility index (Phi) is 4.16. The summed E-state index contributed by atoms with van der Waals surface area (Å²) in [4.78, 5) is 0.566. The highest BCUT2D eigenvalue weighted by Crippen LogP contribution is 2.24. The molecule has 0 amide bonds. The molecule has 1 nitrogen and oxygen atoms in total. The molecule has 1 rings (SSSR count). The monoisotopic (exact) mass is 218 g/mol. The molecule has 0 radical (unpaired) electrons. The van der Waals surface area contributed by atoms with Crippen LogP contribution >= 0.6 is 15.9 Å². The maximum atomic E-state index is 5.60. The van der Waals surface area contributed by atoms with Crippen LogP contribution < -0.4 is 0 Å². The molecule has 1 aliphatic heterocycles. The first-order valence-corrected chi connectivity index (χ1v) is 5.12. The van der Waals surface area contributed by atoms with Crippen LogP contribution in [0.3, 0.4) is 0 Å². The van der Waals surface area contributed by atoms with E-state index >= 15 is 0 Å². The molecule has 0 spiro atoms. The third-order valence-corrected chi connectivity index (χ3v) is 3.06. The van der Waals surface area contributed by atoms with E-state index in [1.54, 1.807) is 0 Å². The van der Waals surface area contributed by atoms with Crippen LogP contribution in [0.25, 0.3) is 0 Å². The molecule has 0 aromatic heterocycles. The van der Waals surface area contributed by atoms with Gasteiger partial charge in [0.05, 0.1) is 6.10 Å². The molecule has 2 heteroatoms. The second kappa shape index (κ2) is 4.94. The second-order valence-corrected chi connectivity index (χ2v) is 4.11. The van der Waals surface area contributed by atoms with Gasteiger partial charge in [0.2, 0.25) is 0 Å². The van der Waals surface area contributed by atoms with Crippen molar-refractivity contribution in [1.82, 2.24) is 0 Å². The lowest BCUT2D eigenvalue weighted by Crippen LogP contribution is -2.29. The molecule has 11 heavy (non-hydrogen) atoms. The van der Waals surface area contributed by atoms with E-state index in [0.29, 0.717) is 10.9 Å². The lowest BCUT2D eigenvalue weighted by atomic mass is 10.0. The second-order valence-electron chi connectivity index (χ2n) is 2.93. The van der Waals surface area contributed by atoms with Gasteiger partial charge in [0.1, 0.15) is 0 Å². The Balaban J connectivity index is 2.23. The molecular formula is C9H15BrO. The number of ether oxygens (including phenoxy) is 1. The highest BCUT2D eigenvalue weighted by atomic mass is 79.9. The number of hydrogen-bond donors (Lipinski definition) is 0. The summed E-state index contributed by atoms with van der Waals surface area (Å²) in [5, 5.41) is 0. The number of hydrogen-bond acceptors (Lipinski definition) is 1. The van der Waals surface area contributed by atoms with E-state index in [-0.39, 0.29) is 0 Å². The summed E-state index contributed by atoms with van der Waals surface area (Å²) < 4.78 is 5.60. The molecular weight excluding hydrogens is 204 g/mol. The predicted octanol–water partition coefficient (Wildman–Crippen LogP) is 2.90. The average Bonchev–Trinajstić information content (AvgIpc) is 2.03. The molecule has 0 unspecified atom stereocenters.